The van der Waals surface area contributed by atoms with Crippen molar-refractivity contribution < 1.29 is 0 Å². The predicted octanol–water partition coefficient (Wildman–Crippen LogP) is 4.69. The van der Waals surface area contributed by atoms with E-state index >= 15 is 0 Å². The van der Waals surface area contributed by atoms with Crippen molar-refractivity contribution in [2.24, 2.45) is 0 Å². The van der Waals surface area contributed by atoms with Crippen LogP contribution in [0.15, 0.2) is 66.4 Å². The number of fused-ring (bicyclic) bond motifs is 3. The first-order valence-corrected chi connectivity index (χ1v) is 10.9. The molecule has 2 heteroatoms. The Morgan fingerprint density at radius 3 is 2.33 bits per heavy atom. The van der Waals surface area contributed by atoms with E-state index in [4.69, 9.17) is 0 Å². The van der Waals surface area contributed by atoms with Gasteiger partial charge in [0.2, 0.25) is 0 Å². The lowest BCUT2D eigenvalue weighted by atomic mass is 10.1. The minimum Gasteiger partial charge on any atom is -0.348 e. The van der Waals surface area contributed by atoms with Crippen LogP contribution in [0.3, 0.4) is 0 Å². The van der Waals surface area contributed by atoms with Gasteiger partial charge >= 0.3 is 0 Å². The largest absolute Gasteiger partial charge is 0.348 e. The van der Waals surface area contributed by atoms with E-state index in [9.17, 15) is 0 Å². The van der Waals surface area contributed by atoms with E-state index in [1.807, 2.05) is 0 Å². The van der Waals surface area contributed by atoms with Gasteiger partial charge in [-0.15, -0.1) is 0 Å². The molecule has 0 radical (unpaired) electrons. The Hall–Kier alpha value is -1.80. The molecular weight excluding hydrogens is 270 g/mol. The quantitative estimate of drug-likeness (QED) is 0.689. The van der Waals surface area contributed by atoms with Crippen LogP contribution in [-0.2, 0) is 0 Å². The average molecular weight is 291 g/mol. The summed E-state index contributed by atoms with van der Waals surface area (Å²) in [5.74, 6) is 0. The molecule has 0 amide bonds. The fourth-order valence-electron chi connectivity index (χ4n) is 4.27. The molecule has 0 saturated heterocycles. The van der Waals surface area contributed by atoms with E-state index in [0.29, 0.717) is 11.1 Å². The summed E-state index contributed by atoms with van der Waals surface area (Å²) in [7, 11) is 0.757. The Labute approximate surface area is 127 Å². The number of likely N-dealkylation sites (N-methyl/N-ethyl adjacent to an activating group) is 1. The van der Waals surface area contributed by atoms with Crippen LogP contribution >= 0.6 is 0 Å². The molecule has 2 unspecified atom stereocenters. The maximum Gasteiger partial charge on any atom is 0.0743 e. The van der Waals surface area contributed by atoms with Crippen LogP contribution in [0.2, 0.25) is 13.1 Å². The van der Waals surface area contributed by atoms with Crippen LogP contribution in [0.4, 0.5) is 5.69 Å². The van der Waals surface area contributed by atoms with Crippen molar-refractivity contribution in [3.63, 3.8) is 0 Å². The van der Waals surface area contributed by atoms with Gasteiger partial charge in [-0.3, -0.25) is 0 Å². The summed E-state index contributed by atoms with van der Waals surface area (Å²) in [6.07, 6.45) is 2.55. The maximum atomic E-state index is 2.55. The third-order valence-electron chi connectivity index (χ3n) is 5.33. The van der Waals surface area contributed by atoms with Crippen molar-refractivity contribution in [1.29, 1.82) is 0 Å². The number of nitrogens with zero attached hydrogens (tertiary/aromatic N) is 1. The molecule has 21 heavy (non-hydrogen) atoms. The van der Waals surface area contributed by atoms with Gasteiger partial charge in [-0.25, -0.2) is 0 Å². The predicted molar refractivity (Wildman–Crippen MR) is 92.3 cm³/mol. The van der Waals surface area contributed by atoms with Gasteiger partial charge in [0.05, 0.1) is 8.07 Å². The topological polar surface area (TPSA) is 3.24 Å². The standard InChI is InChI=1S/C19H21NSi/c1-20-16-12-8-7-11-15(16)19-17(20)13-18(21(19,2)3)14-9-5-4-6-10-14/h4-13,18-19H,1-3H3. The summed E-state index contributed by atoms with van der Waals surface area (Å²) in [6.45, 7) is 5.10. The van der Waals surface area contributed by atoms with Gasteiger partial charge in [0.1, 0.15) is 0 Å². The van der Waals surface area contributed by atoms with Crippen molar-refractivity contribution in [3.8, 4) is 0 Å². The molecule has 2 aliphatic rings. The van der Waals surface area contributed by atoms with E-state index in [-0.39, 0.29) is 0 Å². The third kappa shape index (κ3) is 1.69. The highest BCUT2D eigenvalue weighted by atomic mass is 28.3. The lowest BCUT2D eigenvalue weighted by molar-refractivity contribution is 1.06. The normalized spacial score (nSPS) is 25.5. The number of hydrogen-bond acceptors (Lipinski definition) is 1. The molecule has 0 aliphatic carbocycles. The molecule has 2 heterocycles. The summed E-state index contributed by atoms with van der Waals surface area (Å²) in [4.78, 5) is 2.41. The highest BCUT2D eigenvalue weighted by molar-refractivity contribution is 6.82. The van der Waals surface area contributed by atoms with Gasteiger partial charge in [-0.1, -0.05) is 67.7 Å². The van der Waals surface area contributed by atoms with E-state index in [0.717, 1.165) is 0 Å². The van der Waals surface area contributed by atoms with Crippen LogP contribution in [0, 0.1) is 0 Å². The van der Waals surface area contributed by atoms with Crippen molar-refractivity contribution in [3.05, 3.63) is 77.5 Å². The summed E-state index contributed by atoms with van der Waals surface area (Å²) in [5, 5.41) is 0. The first-order valence-electron chi connectivity index (χ1n) is 7.70. The molecule has 0 saturated carbocycles. The average Bonchev–Trinajstić information content (AvgIpc) is 2.94. The summed E-state index contributed by atoms with van der Waals surface area (Å²) in [5.41, 5.74) is 7.23. The molecule has 2 aromatic rings. The zero-order valence-corrected chi connectivity index (χ0v) is 13.9. The molecule has 0 spiro atoms. The number of benzene rings is 2. The molecule has 1 nitrogen and oxygen atoms in total. The molecule has 2 aliphatic heterocycles. The number of hydrogen-bond donors (Lipinski definition) is 0. The van der Waals surface area contributed by atoms with Crippen molar-refractivity contribution in [1.82, 2.24) is 0 Å². The first-order chi connectivity index (χ1) is 10.1. The maximum absolute atomic E-state index is 2.55. The molecule has 0 aromatic heterocycles. The number of anilines is 1. The molecule has 2 aromatic carbocycles. The highest BCUT2D eigenvalue weighted by Crippen LogP contribution is 2.56. The molecule has 4 rings (SSSR count). The van der Waals surface area contributed by atoms with Crippen LogP contribution in [0.5, 0.6) is 0 Å². The first kappa shape index (κ1) is 12.9. The van der Waals surface area contributed by atoms with E-state index < -0.39 is 8.07 Å². The van der Waals surface area contributed by atoms with Crippen molar-refractivity contribution >= 4 is 13.8 Å². The van der Waals surface area contributed by atoms with Gasteiger partial charge < -0.3 is 4.90 Å². The number of rotatable bonds is 1. The van der Waals surface area contributed by atoms with Gasteiger partial charge in [0.25, 0.3) is 0 Å². The zero-order valence-electron chi connectivity index (χ0n) is 12.9. The van der Waals surface area contributed by atoms with Gasteiger partial charge in [-0.2, -0.15) is 0 Å². The lowest BCUT2D eigenvalue weighted by Crippen LogP contribution is -2.37. The molecule has 0 fully saturated rings. The third-order valence-corrected chi connectivity index (χ3v) is 9.53. The Bertz CT molecular complexity index is 717. The number of para-hydroxylation sites is 1. The summed E-state index contributed by atoms with van der Waals surface area (Å²) in [6, 6.07) is 20.0. The van der Waals surface area contributed by atoms with Crippen LogP contribution < -0.4 is 4.90 Å². The Morgan fingerprint density at radius 1 is 0.905 bits per heavy atom. The van der Waals surface area contributed by atoms with E-state index in [2.05, 4.69) is 85.7 Å². The SMILES string of the molecule is CN1C2=CC(c3ccccc3)[Si](C)(C)C2c2ccccc21. The van der Waals surface area contributed by atoms with Crippen molar-refractivity contribution in [2.45, 2.75) is 24.2 Å². The van der Waals surface area contributed by atoms with E-state index in [1.165, 1.54) is 16.9 Å². The molecule has 0 bridgehead atoms. The molecule has 106 valence electrons. The minimum absolute atomic E-state index is 0.620. The number of allylic oxidation sites excluding steroid dienone is 2. The Balaban J connectivity index is 1.86. The van der Waals surface area contributed by atoms with Gasteiger partial charge in [0.15, 0.2) is 0 Å². The van der Waals surface area contributed by atoms with Crippen molar-refractivity contribution in [2.75, 3.05) is 11.9 Å². The second kappa shape index (κ2) is 4.34. The molecule has 0 N–H and O–H groups in total. The van der Waals surface area contributed by atoms with E-state index in [1.54, 1.807) is 5.56 Å². The lowest BCUT2D eigenvalue weighted by Gasteiger charge is -2.31. The van der Waals surface area contributed by atoms with Gasteiger partial charge in [-0.05, 0) is 22.7 Å². The summed E-state index contributed by atoms with van der Waals surface area (Å²) >= 11 is 0. The Kier molecular flexibility index (Phi) is 2.67. The van der Waals surface area contributed by atoms with Crippen LogP contribution in [-0.4, -0.2) is 15.1 Å². The smallest absolute Gasteiger partial charge is 0.0743 e. The fraction of sp³-hybridized carbons (Fsp3) is 0.263. The van der Waals surface area contributed by atoms with Gasteiger partial charge in [0, 0.05) is 24.0 Å². The second-order valence-electron chi connectivity index (χ2n) is 6.85. The Morgan fingerprint density at radius 2 is 1.57 bits per heavy atom. The molecular formula is C19H21NSi. The molecule has 2 atom stereocenters. The van der Waals surface area contributed by atoms with Crippen LogP contribution in [0.1, 0.15) is 22.2 Å². The van der Waals surface area contributed by atoms with Crippen LogP contribution in [0.25, 0.3) is 0 Å². The highest BCUT2D eigenvalue weighted by Gasteiger charge is 2.51. The fourth-order valence-corrected chi connectivity index (χ4v) is 8.38. The minimum atomic E-state index is -1.47. The second-order valence-corrected chi connectivity index (χ2v) is 11.7. The summed E-state index contributed by atoms with van der Waals surface area (Å²) < 4.78 is 0. The monoisotopic (exact) mass is 291 g/mol. The zero-order chi connectivity index (χ0) is 14.6.